The van der Waals surface area contributed by atoms with Crippen LogP contribution in [0, 0.1) is 12.7 Å². The highest BCUT2D eigenvalue weighted by Gasteiger charge is 2.35. The molecule has 1 aliphatic heterocycles. The number of aryl methyl sites for hydroxylation is 1. The summed E-state index contributed by atoms with van der Waals surface area (Å²) in [5.74, 6) is -0.537. The Bertz CT molecular complexity index is 1430. The minimum absolute atomic E-state index is 0.163. The zero-order chi connectivity index (χ0) is 24.5. The lowest BCUT2D eigenvalue weighted by atomic mass is 9.93. The molecule has 0 bridgehead atoms. The number of hydrogen-bond donors (Lipinski definition) is 1. The van der Waals surface area contributed by atoms with Crippen LogP contribution in [0.4, 0.5) is 10.1 Å². The number of fused-ring (bicyclic) bond motifs is 2. The van der Waals surface area contributed by atoms with Gasteiger partial charge in [0.25, 0.3) is 5.91 Å². The molecule has 5 rings (SSSR count). The fraction of sp³-hybridized carbons (Fsp3) is 0.172. The molecular formula is C29H25FN2O3. The third-order valence-electron chi connectivity index (χ3n) is 6.25. The van der Waals surface area contributed by atoms with Gasteiger partial charge in [-0.25, -0.2) is 4.39 Å². The number of carbonyl (C=O) groups excluding carboxylic acids is 2. The topological polar surface area (TPSA) is 58.6 Å². The number of nitrogens with zero attached hydrogens (tertiary/aromatic N) is 1. The van der Waals surface area contributed by atoms with Crippen molar-refractivity contribution in [2.75, 3.05) is 18.5 Å². The smallest absolute Gasteiger partial charge is 0.259 e. The predicted molar refractivity (Wildman–Crippen MR) is 134 cm³/mol. The number of amides is 2. The molecule has 0 spiro atoms. The maximum atomic E-state index is 14.3. The summed E-state index contributed by atoms with van der Waals surface area (Å²) in [5, 5.41) is 4.58. The standard InChI is InChI=1S/C29H25FN2O3/c1-3-35-25-15-11-19-6-4-5-7-22(19)27(25)29(34)32-17-26(33)31-24-14-8-18(2)16-23(24)28(32)20-9-12-21(30)13-10-20/h4-16,28H,3,17H2,1-2H3,(H,31,33). The predicted octanol–water partition coefficient (Wildman–Crippen LogP) is 5.87. The van der Waals surface area contributed by atoms with E-state index in [-0.39, 0.29) is 24.2 Å². The van der Waals surface area contributed by atoms with Gasteiger partial charge < -0.3 is 15.0 Å². The van der Waals surface area contributed by atoms with Gasteiger partial charge in [0.1, 0.15) is 18.1 Å². The van der Waals surface area contributed by atoms with Crippen molar-refractivity contribution in [1.29, 1.82) is 0 Å². The van der Waals surface area contributed by atoms with Gasteiger partial charge in [-0.1, -0.05) is 60.2 Å². The van der Waals surface area contributed by atoms with Gasteiger partial charge in [0.05, 0.1) is 18.2 Å². The maximum Gasteiger partial charge on any atom is 0.259 e. The van der Waals surface area contributed by atoms with Gasteiger partial charge >= 0.3 is 0 Å². The molecule has 0 radical (unpaired) electrons. The molecule has 0 fully saturated rings. The van der Waals surface area contributed by atoms with E-state index in [9.17, 15) is 14.0 Å². The van der Waals surface area contributed by atoms with Gasteiger partial charge in [-0.15, -0.1) is 0 Å². The normalized spacial score (nSPS) is 15.3. The van der Waals surface area contributed by atoms with Gasteiger partial charge in [0.2, 0.25) is 5.91 Å². The summed E-state index contributed by atoms with van der Waals surface area (Å²) >= 11 is 0. The molecule has 1 unspecified atom stereocenters. The van der Waals surface area contributed by atoms with Crippen molar-refractivity contribution in [2.24, 2.45) is 0 Å². The maximum absolute atomic E-state index is 14.3. The Morgan fingerprint density at radius 1 is 1.06 bits per heavy atom. The Morgan fingerprint density at radius 3 is 2.60 bits per heavy atom. The van der Waals surface area contributed by atoms with E-state index in [0.29, 0.717) is 29.2 Å². The van der Waals surface area contributed by atoms with E-state index in [1.165, 1.54) is 12.1 Å². The molecule has 5 nitrogen and oxygen atoms in total. The molecule has 1 atom stereocenters. The molecule has 0 aromatic heterocycles. The molecule has 2 amide bonds. The van der Waals surface area contributed by atoms with Crippen LogP contribution >= 0.6 is 0 Å². The second kappa shape index (κ2) is 9.22. The lowest BCUT2D eigenvalue weighted by Crippen LogP contribution is -2.39. The first kappa shape index (κ1) is 22.6. The van der Waals surface area contributed by atoms with Crippen molar-refractivity contribution >= 4 is 28.3 Å². The first-order valence-corrected chi connectivity index (χ1v) is 11.6. The number of ether oxygens (including phenoxy) is 1. The summed E-state index contributed by atoms with van der Waals surface area (Å²) in [4.78, 5) is 28.9. The van der Waals surface area contributed by atoms with Crippen LogP contribution in [0.2, 0.25) is 0 Å². The molecule has 0 saturated carbocycles. The van der Waals surface area contributed by atoms with Crippen molar-refractivity contribution in [2.45, 2.75) is 19.9 Å². The molecule has 35 heavy (non-hydrogen) atoms. The zero-order valence-corrected chi connectivity index (χ0v) is 19.5. The number of rotatable bonds is 4. The fourth-order valence-corrected chi connectivity index (χ4v) is 4.71. The molecule has 1 N–H and O–H groups in total. The van der Waals surface area contributed by atoms with Gasteiger partial charge in [-0.3, -0.25) is 9.59 Å². The number of nitrogens with one attached hydrogen (secondary N) is 1. The summed E-state index contributed by atoms with van der Waals surface area (Å²) < 4.78 is 19.7. The van der Waals surface area contributed by atoms with Gasteiger partial charge in [0.15, 0.2) is 0 Å². The molecule has 1 heterocycles. The van der Waals surface area contributed by atoms with Crippen LogP contribution in [0.25, 0.3) is 10.8 Å². The summed E-state index contributed by atoms with van der Waals surface area (Å²) in [5.41, 5.74) is 3.50. The van der Waals surface area contributed by atoms with Crippen LogP contribution < -0.4 is 10.1 Å². The Kier molecular flexibility index (Phi) is 5.95. The quantitative estimate of drug-likeness (QED) is 0.408. The van der Waals surface area contributed by atoms with E-state index in [1.54, 1.807) is 23.1 Å². The second-order valence-electron chi connectivity index (χ2n) is 8.62. The van der Waals surface area contributed by atoms with Crippen LogP contribution in [0.3, 0.4) is 0 Å². The fourth-order valence-electron chi connectivity index (χ4n) is 4.71. The minimum atomic E-state index is -0.606. The number of anilines is 1. The summed E-state index contributed by atoms with van der Waals surface area (Å²) in [6.07, 6.45) is 0. The van der Waals surface area contributed by atoms with E-state index in [4.69, 9.17) is 4.74 Å². The zero-order valence-electron chi connectivity index (χ0n) is 19.5. The number of hydrogen-bond acceptors (Lipinski definition) is 3. The van der Waals surface area contributed by atoms with Crippen molar-refractivity contribution in [1.82, 2.24) is 4.90 Å². The van der Waals surface area contributed by atoms with E-state index < -0.39 is 6.04 Å². The largest absolute Gasteiger partial charge is 0.493 e. The third-order valence-corrected chi connectivity index (χ3v) is 6.25. The van der Waals surface area contributed by atoms with Gasteiger partial charge in [-0.2, -0.15) is 0 Å². The van der Waals surface area contributed by atoms with Crippen molar-refractivity contribution in [3.63, 3.8) is 0 Å². The SMILES string of the molecule is CCOc1ccc2ccccc2c1C(=O)N1CC(=O)Nc2ccc(C)cc2C1c1ccc(F)cc1. The van der Waals surface area contributed by atoms with Gasteiger partial charge in [0, 0.05) is 11.3 Å². The summed E-state index contributed by atoms with van der Waals surface area (Å²) in [6.45, 7) is 4.05. The molecule has 176 valence electrons. The molecule has 4 aromatic rings. The molecule has 0 saturated heterocycles. The number of halogens is 1. The third kappa shape index (κ3) is 4.23. The highest BCUT2D eigenvalue weighted by Crippen LogP contribution is 2.39. The first-order chi connectivity index (χ1) is 17.0. The monoisotopic (exact) mass is 468 g/mol. The van der Waals surface area contributed by atoms with E-state index in [2.05, 4.69) is 5.32 Å². The van der Waals surface area contributed by atoms with Crippen LogP contribution in [0.5, 0.6) is 5.75 Å². The molecule has 0 aliphatic carbocycles. The summed E-state index contributed by atoms with van der Waals surface area (Å²) in [7, 11) is 0. The Hall–Kier alpha value is -4.19. The Balaban J connectivity index is 1.74. The summed E-state index contributed by atoms with van der Waals surface area (Å²) in [6, 6.07) is 22.5. The molecule has 6 heteroatoms. The first-order valence-electron chi connectivity index (χ1n) is 11.6. The molecule has 1 aliphatic rings. The van der Waals surface area contributed by atoms with Gasteiger partial charge in [-0.05, 0) is 54.4 Å². The highest BCUT2D eigenvalue weighted by molar-refractivity contribution is 6.11. The number of carbonyl (C=O) groups is 2. The van der Waals surface area contributed by atoms with Crippen LogP contribution in [0.1, 0.15) is 40.0 Å². The lowest BCUT2D eigenvalue weighted by molar-refractivity contribution is -0.117. The average molecular weight is 469 g/mol. The Labute approximate surface area is 203 Å². The van der Waals surface area contributed by atoms with E-state index in [0.717, 1.165) is 21.9 Å². The van der Waals surface area contributed by atoms with E-state index in [1.807, 2.05) is 62.4 Å². The van der Waals surface area contributed by atoms with Crippen molar-refractivity contribution in [3.05, 3.63) is 107 Å². The number of benzene rings is 4. The van der Waals surface area contributed by atoms with Crippen LogP contribution in [-0.2, 0) is 4.79 Å². The minimum Gasteiger partial charge on any atom is -0.493 e. The van der Waals surface area contributed by atoms with E-state index >= 15 is 0 Å². The van der Waals surface area contributed by atoms with Crippen LogP contribution in [0.15, 0.2) is 78.9 Å². The van der Waals surface area contributed by atoms with Crippen molar-refractivity contribution < 1.29 is 18.7 Å². The molecular weight excluding hydrogens is 443 g/mol. The highest BCUT2D eigenvalue weighted by atomic mass is 19.1. The van der Waals surface area contributed by atoms with Crippen molar-refractivity contribution in [3.8, 4) is 5.75 Å². The van der Waals surface area contributed by atoms with Crippen LogP contribution in [-0.4, -0.2) is 29.9 Å². The Morgan fingerprint density at radius 2 is 1.83 bits per heavy atom. The molecule has 4 aromatic carbocycles. The average Bonchev–Trinajstić information content (AvgIpc) is 3.00. The lowest BCUT2D eigenvalue weighted by Gasteiger charge is -2.31. The second-order valence-corrected chi connectivity index (χ2v) is 8.62.